The molecule has 1 atom stereocenters. The zero-order valence-electron chi connectivity index (χ0n) is 15.5. The zero-order chi connectivity index (χ0) is 18.5. The van der Waals surface area contributed by atoms with Crippen LogP contribution in [0, 0.1) is 0 Å². The number of nitrogens with one attached hydrogen (secondary N) is 2. The molecule has 6 nitrogen and oxygen atoms in total. The predicted molar refractivity (Wildman–Crippen MR) is 104 cm³/mol. The summed E-state index contributed by atoms with van der Waals surface area (Å²) in [5.41, 5.74) is 1.19. The molecule has 0 spiro atoms. The van der Waals surface area contributed by atoms with E-state index >= 15 is 0 Å². The van der Waals surface area contributed by atoms with Crippen molar-refractivity contribution in [3.8, 4) is 0 Å². The maximum Gasteiger partial charge on any atom is 0.191 e. The van der Waals surface area contributed by atoms with E-state index in [1.807, 2.05) is 25.1 Å². The standard InChI is InChI=1S/C18H31N3O3S/c1-16(11-14-25(3,22)23)21-18(19-2)20-12-7-8-13-24-15-17-9-5-4-6-10-17/h4-6,9-10,16H,7-8,11-15H2,1-3H3,(H2,19,20,21). The van der Waals surface area contributed by atoms with Gasteiger partial charge in [0, 0.05) is 32.5 Å². The summed E-state index contributed by atoms with van der Waals surface area (Å²) in [6, 6.07) is 10.2. The number of nitrogens with zero attached hydrogens (tertiary/aromatic N) is 1. The van der Waals surface area contributed by atoms with E-state index in [1.165, 1.54) is 11.8 Å². The third-order valence-corrected chi connectivity index (χ3v) is 4.63. The molecule has 25 heavy (non-hydrogen) atoms. The second-order valence-electron chi connectivity index (χ2n) is 6.21. The lowest BCUT2D eigenvalue weighted by atomic mass is 10.2. The van der Waals surface area contributed by atoms with Crippen LogP contribution in [-0.2, 0) is 21.2 Å². The van der Waals surface area contributed by atoms with Crippen LogP contribution in [0.2, 0.25) is 0 Å². The average molecular weight is 370 g/mol. The molecule has 1 aromatic rings. The van der Waals surface area contributed by atoms with Gasteiger partial charge in [-0.1, -0.05) is 30.3 Å². The van der Waals surface area contributed by atoms with Crippen LogP contribution in [0.3, 0.4) is 0 Å². The molecular formula is C18H31N3O3S. The molecule has 1 unspecified atom stereocenters. The van der Waals surface area contributed by atoms with Gasteiger partial charge in [-0.15, -0.1) is 0 Å². The van der Waals surface area contributed by atoms with Crippen molar-refractivity contribution in [2.75, 3.05) is 32.2 Å². The molecule has 0 aromatic heterocycles. The number of rotatable bonds is 11. The lowest BCUT2D eigenvalue weighted by Crippen LogP contribution is -2.43. The maximum atomic E-state index is 11.2. The van der Waals surface area contributed by atoms with Gasteiger partial charge in [-0.05, 0) is 31.7 Å². The lowest BCUT2D eigenvalue weighted by molar-refractivity contribution is 0.117. The fourth-order valence-corrected chi connectivity index (χ4v) is 2.97. The molecule has 2 N–H and O–H groups in total. The summed E-state index contributed by atoms with van der Waals surface area (Å²) in [5, 5.41) is 6.45. The van der Waals surface area contributed by atoms with Gasteiger partial charge in [0.15, 0.2) is 5.96 Å². The molecule has 0 fully saturated rings. The van der Waals surface area contributed by atoms with Crippen molar-refractivity contribution in [3.63, 3.8) is 0 Å². The summed E-state index contributed by atoms with van der Waals surface area (Å²) in [6.45, 7) is 4.13. The van der Waals surface area contributed by atoms with Crippen molar-refractivity contribution >= 4 is 15.8 Å². The minimum atomic E-state index is -2.93. The number of sulfone groups is 1. The van der Waals surface area contributed by atoms with Crippen LogP contribution in [-0.4, -0.2) is 52.6 Å². The van der Waals surface area contributed by atoms with Gasteiger partial charge in [0.2, 0.25) is 0 Å². The van der Waals surface area contributed by atoms with Crippen LogP contribution in [0.4, 0.5) is 0 Å². The second kappa shape index (κ2) is 11.9. The Morgan fingerprint density at radius 1 is 1.24 bits per heavy atom. The van der Waals surface area contributed by atoms with Gasteiger partial charge in [-0.3, -0.25) is 4.99 Å². The molecule has 0 bridgehead atoms. The number of unbranched alkanes of at least 4 members (excludes halogenated alkanes) is 1. The summed E-state index contributed by atoms with van der Waals surface area (Å²) in [7, 11) is -1.22. The molecule has 0 saturated heterocycles. The molecular weight excluding hydrogens is 338 g/mol. The smallest absolute Gasteiger partial charge is 0.191 e. The van der Waals surface area contributed by atoms with Gasteiger partial charge in [0.05, 0.1) is 12.4 Å². The molecule has 0 amide bonds. The van der Waals surface area contributed by atoms with E-state index in [9.17, 15) is 8.42 Å². The Hall–Kier alpha value is -1.60. The highest BCUT2D eigenvalue weighted by Crippen LogP contribution is 2.01. The van der Waals surface area contributed by atoms with Gasteiger partial charge in [0.1, 0.15) is 9.84 Å². The SMILES string of the molecule is CN=C(NCCCCOCc1ccccc1)NC(C)CCS(C)(=O)=O. The van der Waals surface area contributed by atoms with Crippen LogP contribution >= 0.6 is 0 Å². The minimum Gasteiger partial charge on any atom is -0.377 e. The van der Waals surface area contributed by atoms with Gasteiger partial charge in [-0.2, -0.15) is 0 Å². The highest BCUT2D eigenvalue weighted by atomic mass is 32.2. The molecule has 0 aliphatic heterocycles. The second-order valence-corrected chi connectivity index (χ2v) is 8.47. The normalized spacial score (nSPS) is 13.5. The zero-order valence-corrected chi connectivity index (χ0v) is 16.3. The van der Waals surface area contributed by atoms with E-state index in [2.05, 4.69) is 27.8 Å². The molecule has 1 rings (SSSR count). The van der Waals surface area contributed by atoms with Crippen molar-refractivity contribution in [3.05, 3.63) is 35.9 Å². The first-order valence-corrected chi connectivity index (χ1v) is 10.7. The van der Waals surface area contributed by atoms with E-state index in [0.29, 0.717) is 19.0 Å². The summed E-state index contributed by atoms with van der Waals surface area (Å²) in [6.07, 6.45) is 3.77. The first-order valence-electron chi connectivity index (χ1n) is 8.67. The monoisotopic (exact) mass is 369 g/mol. The van der Waals surface area contributed by atoms with Gasteiger partial charge >= 0.3 is 0 Å². The number of ether oxygens (including phenoxy) is 1. The molecule has 142 valence electrons. The van der Waals surface area contributed by atoms with Crippen LogP contribution in [0.25, 0.3) is 0 Å². The summed E-state index contributed by atoms with van der Waals surface area (Å²) in [4.78, 5) is 4.16. The molecule has 7 heteroatoms. The molecule has 0 saturated carbocycles. The van der Waals surface area contributed by atoms with E-state index in [1.54, 1.807) is 7.05 Å². The summed E-state index contributed by atoms with van der Waals surface area (Å²) >= 11 is 0. The molecule has 1 aromatic carbocycles. The van der Waals surface area contributed by atoms with Crippen LogP contribution in [0.15, 0.2) is 35.3 Å². The van der Waals surface area contributed by atoms with Crippen LogP contribution < -0.4 is 10.6 Å². The van der Waals surface area contributed by atoms with Crippen molar-refractivity contribution in [2.24, 2.45) is 4.99 Å². The highest BCUT2D eigenvalue weighted by Gasteiger charge is 2.09. The Morgan fingerprint density at radius 2 is 1.96 bits per heavy atom. The summed E-state index contributed by atoms with van der Waals surface area (Å²) in [5.74, 6) is 0.878. The number of guanidine groups is 1. The number of aliphatic imine (C=N–C) groups is 1. The Kier molecular flexibility index (Phi) is 10.2. The average Bonchev–Trinajstić information content (AvgIpc) is 2.58. The third-order valence-electron chi connectivity index (χ3n) is 3.65. The lowest BCUT2D eigenvalue weighted by Gasteiger charge is -2.17. The van der Waals surface area contributed by atoms with Crippen molar-refractivity contribution in [1.29, 1.82) is 0 Å². The van der Waals surface area contributed by atoms with Crippen LogP contribution in [0.5, 0.6) is 0 Å². The Labute approximate surface area is 152 Å². The quantitative estimate of drug-likeness (QED) is 0.354. The molecule has 0 aliphatic rings. The van der Waals surface area contributed by atoms with Crippen molar-refractivity contribution < 1.29 is 13.2 Å². The maximum absolute atomic E-state index is 11.2. The van der Waals surface area contributed by atoms with E-state index in [4.69, 9.17) is 4.74 Å². The van der Waals surface area contributed by atoms with Crippen LogP contribution in [0.1, 0.15) is 31.7 Å². The predicted octanol–water partition coefficient (Wildman–Crippen LogP) is 1.97. The Balaban J connectivity index is 2.08. The van der Waals surface area contributed by atoms with Gasteiger partial charge in [-0.25, -0.2) is 8.42 Å². The summed E-state index contributed by atoms with van der Waals surface area (Å²) < 4.78 is 28.0. The van der Waals surface area contributed by atoms with Gasteiger partial charge < -0.3 is 15.4 Å². The number of benzene rings is 1. The molecule has 0 heterocycles. The largest absolute Gasteiger partial charge is 0.377 e. The van der Waals surface area contributed by atoms with Gasteiger partial charge in [0.25, 0.3) is 0 Å². The number of hydrogen-bond acceptors (Lipinski definition) is 4. The van der Waals surface area contributed by atoms with Crippen molar-refractivity contribution in [1.82, 2.24) is 10.6 Å². The van der Waals surface area contributed by atoms with Crippen molar-refractivity contribution in [2.45, 2.75) is 38.8 Å². The fraction of sp³-hybridized carbons (Fsp3) is 0.611. The first kappa shape index (κ1) is 21.4. The fourth-order valence-electron chi connectivity index (χ4n) is 2.19. The van der Waals surface area contributed by atoms with E-state index < -0.39 is 9.84 Å². The van der Waals surface area contributed by atoms with E-state index in [-0.39, 0.29) is 11.8 Å². The van der Waals surface area contributed by atoms with E-state index in [0.717, 1.165) is 26.0 Å². The first-order chi connectivity index (χ1) is 11.9. The Bertz CT molecular complexity index is 603. The number of hydrogen-bond donors (Lipinski definition) is 2. The minimum absolute atomic E-state index is 0.0510. The Morgan fingerprint density at radius 3 is 2.60 bits per heavy atom. The highest BCUT2D eigenvalue weighted by molar-refractivity contribution is 7.90. The molecule has 0 radical (unpaired) electrons. The third kappa shape index (κ3) is 11.6. The molecule has 0 aliphatic carbocycles. The topological polar surface area (TPSA) is 79.8 Å².